The quantitative estimate of drug-likeness (QED) is 0.758. The molecule has 4 rings (SSSR count). The molecule has 1 saturated heterocycles. The van der Waals surface area contributed by atoms with Crippen molar-refractivity contribution in [2.75, 3.05) is 50.2 Å². The summed E-state index contributed by atoms with van der Waals surface area (Å²) in [5.74, 6) is 2.26. The molecule has 1 aliphatic rings. The van der Waals surface area contributed by atoms with Gasteiger partial charge in [-0.2, -0.15) is 0 Å². The molecule has 0 atom stereocenters. The second kappa shape index (κ2) is 6.96. The molecule has 1 aliphatic heterocycles. The van der Waals surface area contributed by atoms with Crippen LogP contribution in [-0.2, 0) is 0 Å². The van der Waals surface area contributed by atoms with Crippen LogP contribution in [0, 0.1) is 0 Å². The van der Waals surface area contributed by atoms with Gasteiger partial charge in [-0.3, -0.25) is 0 Å². The fourth-order valence-electron chi connectivity index (χ4n) is 3.32. The maximum absolute atomic E-state index is 6.11. The van der Waals surface area contributed by atoms with Crippen molar-refractivity contribution in [2.24, 2.45) is 0 Å². The molecule has 1 aromatic heterocycles. The molecule has 2 aromatic carbocycles. The lowest BCUT2D eigenvalue weighted by Crippen LogP contribution is -2.46. The Morgan fingerprint density at radius 2 is 1.65 bits per heavy atom. The maximum Gasteiger partial charge on any atom is 0.203 e. The van der Waals surface area contributed by atoms with Crippen molar-refractivity contribution in [1.82, 2.24) is 9.97 Å². The highest BCUT2D eigenvalue weighted by atomic mass is 35.5. The zero-order valence-electron chi connectivity index (χ0n) is 14.8. The number of nitrogens with zero attached hydrogens (tertiary/aromatic N) is 3. The average Bonchev–Trinajstić information content (AvgIpc) is 3.10. The van der Waals surface area contributed by atoms with Crippen molar-refractivity contribution in [1.29, 1.82) is 0 Å². The summed E-state index contributed by atoms with van der Waals surface area (Å²) in [5.41, 5.74) is 2.97. The van der Waals surface area contributed by atoms with Crippen LogP contribution in [0.3, 0.4) is 0 Å². The van der Waals surface area contributed by atoms with Crippen LogP contribution >= 0.6 is 11.6 Å². The van der Waals surface area contributed by atoms with Gasteiger partial charge in [-0.05, 0) is 18.2 Å². The number of benzene rings is 2. The van der Waals surface area contributed by atoms with Gasteiger partial charge in [0.1, 0.15) is 0 Å². The first-order chi connectivity index (χ1) is 12.7. The highest BCUT2D eigenvalue weighted by Crippen LogP contribution is 2.32. The van der Waals surface area contributed by atoms with Gasteiger partial charge >= 0.3 is 0 Å². The minimum absolute atomic E-state index is 0.684. The number of H-pyrrole nitrogens is 1. The van der Waals surface area contributed by atoms with Gasteiger partial charge in [0.2, 0.25) is 5.95 Å². The lowest BCUT2D eigenvalue weighted by atomic mass is 10.2. The number of anilines is 2. The Bertz CT molecular complexity index is 878. The van der Waals surface area contributed by atoms with Crippen molar-refractivity contribution in [3.63, 3.8) is 0 Å². The number of piperazine rings is 1. The van der Waals surface area contributed by atoms with Gasteiger partial charge in [-0.1, -0.05) is 17.7 Å². The lowest BCUT2D eigenvalue weighted by Gasteiger charge is -2.36. The Labute approximate surface area is 157 Å². The third-order valence-corrected chi connectivity index (χ3v) is 4.96. The van der Waals surface area contributed by atoms with E-state index in [9.17, 15) is 0 Å². The predicted molar refractivity (Wildman–Crippen MR) is 105 cm³/mol. The first-order valence-corrected chi connectivity index (χ1v) is 8.93. The number of hydrogen-bond acceptors (Lipinski definition) is 5. The Hall–Kier alpha value is -2.60. The number of nitrogens with one attached hydrogen (secondary N) is 1. The molecule has 1 N–H and O–H groups in total. The normalized spacial score (nSPS) is 14.7. The summed E-state index contributed by atoms with van der Waals surface area (Å²) in [4.78, 5) is 12.7. The summed E-state index contributed by atoms with van der Waals surface area (Å²) >= 11 is 6.11. The van der Waals surface area contributed by atoms with Crippen molar-refractivity contribution >= 4 is 34.3 Å². The molecule has 26 heavy (non-hydrogen) atoms. The Morgan fingerprint density at radius 1 is 0.962 bits per heavy atom. The Balaban J connectivity index is 1.52. The van der Waals surface area contributed by atoms with E-state index in [-0.39, 0.29) is 0 Å². The van der Waals surface area contributed by atoms with Crippen molar-refractivity contribution in [2.45, 2.75) is 0 Å². The molecule has 0 saturated carbocycles. The molecule has 7 heteroatoms. The summed E-state index contributed by atoms with van der Waals surface area (Å²) in [7, 11) is 3.27. The van der Waals surface area contributed by atoms with E-state index >= 15 is 0 Å². The second-order valence-corrected chi connectivity index (χ2v) is 6.68. The van der Waals surface area contributed by atoms with Crippen LogP contribution in [0.2, 0.25) is 5.02 Å². The number of imidazole rings is 1. The fraction of sp³-hybridized carbons (Fsp3) is 0.316. The van der Waals surface area contributed by atoms with Crippen LogP contribution in [0.5, 0.6) is 11.5 Å². The van der Waals surface area contributed by atoms with Crippen LogP contribution in [0.1, 0.15) is 0 Å². The largest absolute Gasteiger partial charge is 0.493 e. The number of ether oxygens (including phenoxy) is 2. The van der Waals surface area contributed by atoms with Gasteiger partial charge in [-0.25, -0.2) is 4.98 Å². The highest BCUT2D eigenvalue weighted by Gasteiger charge is 2.20. The fourth-order valence-corrected chi connectivity index (χ4v) is 3.51. The summed E-state index contributed by atoms with van der Waals surface area (Å²) in [6.07, 6.45) is 0. The molecule has 0 radical (unpaired) electrons. The molecule has 6 nitrogen and oxygen atoms in total. The van der Waals surface area contributed by atoms with Crippen molar-refractivity contribution in [3.8, 4) is 11.5 Å². The van der Waals surface area contributed by atoms with Crippen LogP contribution in [-0.4, -0.2) is 50.4 Å². The van der Waals surface area contributed by atoms with Crippen LogP contribution < -0.4 is 19.3 Å². The van der Waals surface area contributed by atoms with Crippen LogP contribution in [0.15, 0.2) is 36.4 Å². The molecular formula is C19H21ClN4O2. The number of halogens is 1. The van der Waals surface area contributed by atoms with E-state index in [1.165, 1.54) is 0 Å². The Morgan fingerprint density at radius 3 is 2.35 bits per heavy atom. The first-order valence-electron chi connectivity index (χ1n) is 8.55. The monoisotopic (exact) mass is 372 g/mol. The van der Waals surface area contributed by atoms with E-state index in [1.807, 2.05) is 30.3 Å². The second-order valence-electron chi connectivity index (χ2n) is 6.24. The number of methoxy groups -OCH3 is 2. The molecule has 0 amide bonds. The van der Waals surface area contributed by atoms with Crippen LogP contribution in [0.25, 0.3) is 11.0 Å². The predicted octanol–water partition coefficient (Wildman–Crippen LogP) is 3.56. The molecule has 0 aliphatic carbocycles. The number of fused-ring (bicyclic) bond motifs is 1. The molecule has 2 heterocycles. The van der Waals surface area contributed by atoms with E-state index in [4.69, 9.17) is 26.1 Å². The van der Waals surface area contributed by atoms with E-state index in [2.05, 4.69) is 20.9 Å². The van der Waals surface area contributed by atoms with Gasteiger partial charge in [0.15, 0.2) is 11.5 Å². The number of hydrogen-bond donors (Lipinski definition) is 1. The highest BCUT2D eigenvalue weighted by molar-refractivity contribution is 6.30. The third kappa shape index (κ3) is 3.12. The van der Waals surface area contributed by atoms with Gasteiger partial charge in [0, 0.05) is 49.0 Å². The van der Waals surface area contributed by atoms with Gasteiger partial charge in [0.25, 0.3) is 0 Å². The van der Waals surface area contributed by atoms with Crippen LogP contribution in [0.4, 0.5) is 11.6 Å². The average molecular weight is 373 g/mol. The molecular weight excluding hydrogens is 352 g/mol. The summed E-state index contributed by atoms with van der Waals surface area (Å²) < 4.78 is 10.7. The molecule has 1 fully saturated rings. The number of aromatic amines is 1. The number of aromatic nitrogens is 2. The lowest BCUT2D eigenvalue weighted by molar-refractivity contribution is 0.356. The summed E-state index contributed by atoms with van der Waals surface area (Å²) in [6.45, 7) is 3.62. The standard InChI is InChI=1S/C19H21ClN4O2/c1-25-17-11-15-16(12-18(17)26-2)22-19(21-15)24-8-6-23(7-9-24)14-5-3-4-13(20)10-14/h3-5,10-12H,6-9H2,1-2H3,(H,21,22). The minimum Gasteiger partial charge on any atom is -0.493 e. The third-order valence-electron chi connectivity index (χ3n) is 4.73. The molecule has 0 unspecified atom stereocenters. The van der Waals surface area contributed by atoms with E-state index in [0.717, 1.165) is 53.9 Å². The van der Waals surface area contributed by atoms with Gasteiger partial charge in [-0.15, -0.1) is 0 Å². The van der Waals surface area contributed by atoms with Crippen molar-refractivity contribution in [3.05, 3.63) is 41.4 Å². The van der Waals surface area contributed by atoms with Gasteiger partial charge in [0.05, 0.1) is 25.3 Å². The minimum atomic E-state index is 0.684. The van der Waals surface area contributed by atoms with E-state index < -0.39 is 0 Å². The smallest absolute Gasteiger partial charge is 0.203 e. The zero-order valence-corrected chi connectivity index (χ0v) is 15.6. The SMILES string of the molecule is COc1cc2nc(N3CCN(c4cccc(Cl)c4)CC3)[nH]c2cc1OC. The topological polar surface area (TPSA) is 53.6 Å². The van der Waals surface area contributed by atoms with E-state index in [1.54, 1.807) is 14.2 Å². The zero-order chi connectivity index (χ0) is 18.1. The number of rotatable bonds is 4. The maximum atomic E-state index is 6.11. The van der Waals surface area contributed by atoms with Crippen molar-refractivity contribution < 1.29 is 9.47 Å². The Kier molecular flexibility index (Phi) is 4.51. The van der Waals surface area contributed by atoms with E-state index in [0.29, 0.717) is 11.5 Å². The molecule has 0 spiro atoms. The summed E-state index contributed by atoms with van der Waals surface area (Å²) in [5, 5.41) is 0.769. The molecule has 0 bridgehead atoms. The molecule has 136 valence electrons. The van der Waals surface area contributed by atoms with Gasteiger partial charge < -0.3 is 24.3 Å². The molecule has 3 aromatic rings. The first kappa shape index (κ1) is 16.8. The summed E-state index contributed by atoms with van der Waals surface area (Å²) in [6, 6.07) is 11.8.